The van der Waals surface area contributed by atoms with Crippen LogP contribution >= 0.6 is 0 Å². The summed E-state index contributed by atoms with van der Waals surface area (Å²) in [4.78, 5) is 8.68. The van der Waals surface area contributed by atoms with Gasteiger partial charge >= 0.3 is 0 Å². The minimum Gasteiger partial charge on any atom is -0.395 e. The molecule has 0 aliphatic rings. The van der Waals surface area contributed by atoms with E-state index < -0.39 is 0 Å². The number of aromatic nitrogens is 2. The number of aliphatic hydroxyl groups is 1. The molecule has 0 saturated carbocycles. The predicted octanol–water partition coefficient (Wildman–Crippen LogP) is 1.05. The molecule has 0 bridgehead atoms. The summed E-state index contributed by atoms with van der Waals surface area (Å²) in [5.41, 5.74) is 0. The first-order valence-corrected chi connectivity index (χ1v) is 5.08. The van der Waals surface area contributed by atoms with Crippen molar-refractivity contribution in [3.63, 3.8) is 0 Å². The van der Waals surface area contributed by atoms with Gasteiger partial charge in [-0.3, -0.25) is 0 Å². The van der Waals surface area contributed by atoms with Crippen LogP contribution in [0, 0.1) is 0 Å². The van der Waals surface area contributed by atoms with Crippen LogP contribution in [0.1, 0.15) is 25.6 Å². The van der Waals surface area contributed by atoms with E-state index in [0.717, 1.165) is 17.5 Å². The summed E-state index contributed by atoms with van der Waals surface area (Å²) in [5, 5.41) is 14.7. The number of hydrogen-bond acceptors (Lipinski definition) is 5. The van der Waals surface area contributed by atoms with Crippen molar-refractivity contribution in [3.8, 4) is 0 Å². The molecule has 1 rings (SSSR count). The van der Waals surface area contributed by atoms with Gasteiger partial charge in [-0.25, -0.2) is 9.97 Å². The quantitative estimate of drug-likeness (QED) is 0.677. The number of nitrogens with zero attached hydrogens (tertiary/aromatic N) is 2. The van der Waals surface area contributed by atoms with Crippen LogP contribution in [0.5, 0.6) is 0 Å². The summed E-state index contributed by atoms with van der Waals surface area (Å²) >= 11 is 0. The molecule has 1 aromatic heterocycles. The molecule has 0 unspecified atom stereocenters. The molecule has 1 aromatic rings. The Bertz CT molecular complexity index is 314. The molecule has 0 aliphatic carbocycles. The van der Waals surface area contributed by atoms with E-state index in [1.165, 1.54) is 0 Å². The zero-order valence-electron chi connectivity index (χ0n) is 9.41. The van der Waals surface area contributed by atoms with E-state index in [1.54, 1.807) is 0 Å². The van der Waals surface area contributed by atoms with Gasteiger partial charge in [0.25, 0.3) is 0 Å². The van der Waals surface area contributed by atoms with Crippen LogP contribution in [0.2, 0.25) is 0 Å². The number of hydrogen-bond donors (Lipinski definition) is 3. The lowest BCUT2D eigenvalue weighted by Gasteiger charge is -2.10. The SMILES string of the molecule is CNc1cc(NCCO)nc(C(C)C)n1. The second kappa shape index (κ2) is 5.50. The molecule has 84 valence electrons. The summed E-state index contributed by atoms with van der Waals surface area (Å²) in [6.07, 6.45) is 0. The van der Waals surface area contributed by atoms with Gasteiger partial charge in [0.05, 0.1) is 6.61 Å². The first kappa shape index (κ1) is 11.7. The first-order chi connectivity index (χ1) is 7.17. The van der Waals surface area contributed by atoms with E-state index in [1.807, 2.05) is 27.0 Å². The Balaban J connectivity index is 2.90. The molecule has 1 heterocycles. The molecule has 3 N–H and O–H groups in total. The molecule has 0 aliphatic heterocycles. The summed E-state index contributed by atoms with van der Waals surface area (Å²) in [6.45, 7) is 4.68. The summed E-state index contributed by atoms with van der Waals surface area (Å²) in [5.74, 6) is 2.61. The average Bonchev–Trinajstić information content (AvgIpc) is 2.25. The topological polar surface area (TPSA) is 70.1 Å². The molecule has 0 saturated heterocycles. The van der Waals surface area contributed by atoms with Crippen molar-refractivity contribution < 1.29 is 5.11 Å². The fourth-order valence-electron chi connectivity index (χ4n) is 1.13. The van der Waals surface area contributed by atoms with Crippen molar-refractivity contribution >= 4 is 11.6 Å². The Hall–Kier alpha value is -1.36. The van der Waals surface area contributed by atoms with Crippen LogP contribution in [0.25, 0.3) is 0 Å². The molecule has 15 heavy (non-hydrogen) atoms. The van der Waals surface area contributed by atoms with E-state index in [9.17, 15) is 0 Å². The highest BCUT2D eigenvalue weighted by atomic mass is 16.3. The minimum absolute atomic E-state index is 0.0932. The van der Waals surface area contributed by atoms with Gasteiger partial charge in [-0.1, -0.05) is 13.8 Å². The highest BCUT2D eigenvalue weighted by Crippen LogP contribution is 2.16. The summed E-state index contributed by atoms with van der Waals surface area (Å²) < 4.78 is 0. The molecule has 0 aromatic carbocycles. The van der Waals surface area contributed by atoms with Crippen molar-refractivity contribution in [2.75, 3.05) is 30.8 Å². The molecule has 0 spiro atoms. The third-order valence-corrected chi connectivity index (χ3v) is 1.93. The van der Waals surface area contributed by atoms with Crippen LogP contribution in [0.4, 0.5) is 11.6 Å². The molecule has 0 fully saturated rings. The van der Waals surface area contributed by atoms with Crippen LogP contribution in [0.3, 0.4) is 0 Å². The fraction of sp³-hybridized carbons (Fsp3) is 0.600. The first-order valence-electron chi connectivity index (χ1n) is 5.08. The van der Waals surface area contributed by atoms with Gasteiger partial charge in [-0.2, -0.15) is 0 Å². The maximum absolute atomic E-state index is 8.71. The van der Waals surface area contributed by atoms with Gasteiger partial charge in [-0.15, -0.1) is 0 Å². The second-order valence-electron chi connectivity index (χ2n) is 3.55. The monoisotopic (exact) mass is 210 g/mol. The zero-order valence-corrected chi connectivity index (χ0v) is 9.41. The number of aliphatic hydroxyl groups excluding tert-OH is 1. The van der Waals surface area contributed by atoms with Crippen molar-refractivity contribution in [2.45, 2.75) is 19.8 Å². The van der Waals surface area contributed by atoms with E-state index >= 15 is 0 Å². The van der Waals surface area contributed by atoms with Crippen LogP contribution in [-0.2, 0) is 0 Å². The summed E-state index contributed by atoms with van der Waals surface area (Å²) in [6, 6.07) is 1.82. The van der Waals surface area contributed by atoms with Crippen LogP contribution < -0.4 is 10.6 Å². The predicted molar refractivity (Wildman–Crippen MR) is 61.2 cm³/mol. The zero-order chi connectivity index (χ0) is 11.3. The number of rotatable bonds is 5. The molecular formula is C10H18N4O. The Morgan fingerprint density at radius 3 is 2.53 bits per heavy atom. The lowest BCUT2D eigenvalue weighted by Crippen LogP contribution is -2.10. The van der Waals surface area contributed by atoms with Gasteiger partial charge in [0.1, 0.15) is 17.5 Å². The van der Waals surface area contributed by atoms with Gasteiger partial charge in [-0.05, 0) is 0 Å². The van der Waals surface area contributed by atoms with Crippen LogP contribution in [-0.4, -0.2) is 35.3 Å². The van der Waals surface area contributed by atoms with Crippen molar-refractivity contribution in [1.82, 2.24) is 9.97 Å². The Morgan fingerprint density at radius 1 is 1.33 bits per heavy atom. The van der Waals surface area contributed by atoms with Crippen molar-refractivity contribution in [1.29, 1.82) is 0 Å². The minimum atomic E-state index is 0.0932. The molecule has 5 nitrogen and oxygen atoms in total. The highest BCUT2D eigenvalue weighted by molar-refractivity contribution is 5.47. The molecule has 0 radical (unpaired) electrons. The van der Waals surface area contributed by atoms with Crippen molar-refractivity contribution in [2.24, 2.45) is 0 Å². The van der Waals surface area contributed by atoms with E-state index in [2.05, 4.69) is 20.6 Å². The van der Waals surface area contributed by atoms with Gasteiger partial charge in [0.2, 0.25) is 0 Å². The summed E-state index contributed by atoms with van der Waals surface area (Å²) in [7, 11) is 1.82. The van der Waals surface area contributed by atoms with Gasteiger partial charge in [0, 0.05) is 25.6 Å². The van der Waals surface area contributed by atoms with E-state index in [0.29, 0.717) is 6.54 Å². The maximum Gasteiger partial charge on any atom is 0.135 e. The van der Waals surface area contributed by atoms with Crippen LogP contribution in [0.15, 0.2) is 6.07 Å². The molecule has 0 amide bonds. The largest absolute Gasteiger partial charge is 0.395 e. The van der Waals surface area contributed by atoms with Crippen molar-refractivity contribution in [3.05, 3.63) is 11.9 Å². The third kappa shape index (κ3) is 3.36. The number of nitrogens with one attached hydrogen (secondary N) is 2. The van der Waals surface area contributed by atoms with E-state index in [-0.39, 0.29) is 12.5 Å². The second-order valence-corrected chi connectivity index (χ2v) is 3.55. The molecule has 0 atom stereocenters. The normalized spacial score (nSPS) is 10.5. The Labute approximate surface area is 90.0 Å². The maximum atomic E-state index is 8.71. The standard InChI is InChI=1S/C10H18N4O/c1-7(2)10-13-8(11-3)6-9(14-10)12-4-5-15/h6-7,15H,4-5H2,1-3H3,(H2,11,12,13,14). The van der Waals surface area contributed by atoms with Gasteiger partial charge < -0.3 is 15.7 Å². The average molecular weight is 210 g/mol. The lowest BCUT2D eigenvalue weighted by molar-refractivity contribution is 0.311. The fourth-order valence-corrected chi connectivity index (χ4v) is 1.13. The smallest absolute Gasteiger partial charge is 0.135 e. The highest BCUT2D eigenvalue weighted by Gasteiger charge is 2.06. The Morgan fingerprint density at radius 2 is 2.00 bits per heavy atom. The van der Waals surface area contributed by atoms with E-state index in [4.69, 9.17) is 5.11 Å². The molecule has 5 heteroatoms. The number of anilines is 2. The lowest BCUT2D eigenvalue weighted by atomic mass is 10.2. The molecular weight excluding hydrogens is 192 g/mol. The Kier molecular flexibility index (Phi) is 4.30. The third-order valence-electron chi connectivity index (χ3n) is 1.93. The van der Waals surface area contributed by atoms with Gasteiger partial charge in [0.15, 0.2) is 0 Å².